The summed E-state index contributed by atoms with van der Waals surface area (Å²) in [4.78, 5) is 20.7. The van der Waals surface area contributed by atoms with Crippen molar-refractivity contribution in [3.05, 3.63) is 36.0 Å². The van der Waals surface area contributed by atoms with Gasteiger partial charge in [-0.2, -0.15) is 0 Å². The molecule has 0 radical (unpaired) electrons. The number of hydrogen-bond donors (Lipinski definition) is 1. The van der Waals surface area contributed by atoms with Gasteiger partial charge in [-0.25, -0.2) is 0 Å². The number of likely N-dealkylation sites (N-methyl/N-ethyl adjacent to an activating group) is 1. The second-order valence-corrected chi connectivity index (χ2v) is 6.48. The lowest BCUT2D eigenvalue weighted by Gasteiger charge is -2.29. The summed E-state index contributed by atoms with van der Waals surface area (Å²) in [5.74, 6) is 0.514. The van der Waals surface area contributed by atoms with Crippen molar-refractivity contribution in [3.8, 4) is 0 Å². The number of aromatic nitrogens is 1. The number of amides is 1. The van der Waals surface area contributed by atoms with E-state index in [4.69, 9.17) is 4.74 Å². The maximum Gasteiger partial charge on any atom is 0.256 e. The van der Waals surface area contributed by atoms with Gasteiger partial charge in [-0.3, -0.25) is 4.79 Å². The van der Waals surface area contributed by atoms with Gasteiger partial charge in [0.1, 0.15) is 0 Å². The summed E-state index contributed by atoms with van der Waals surface area (Å²) in [6, 6.07) is 8.10. The third-order valence-corrected chi connectivity index (χ3v) is 4.73. The number of carbonyl (C=O) groups excluding carboxylic acids is 1. The molecule has 5 nitrogen and oxygen atoms in total. The van der Waals surface area contributed by atoms with Crippen LogP contribution in [0.25, 0.3) is 10.9 Å². The summed E-state index contributed by atoms with van der Waals surface area (Å²) in [5.41, 5.74) is 1.78. The first kappa shape index (κ1) is 13.8. The predicted octanol–water partition coefficient (Wildman–Crippen LogP) is 1.57. The van der Waals surface area contributed by atoms with Crippen LogP contribution in [-0.4, -0.2) is 66.6 Å². The third-order valence-electron chi connectivity index (χ3n) is 4.73. The molecule has 2 aliphatic rings. The van der Waals surface area contributed by atoms with Crippen molar-refractivity contribution in [1.82, 2.24) is 14.8 Å². The van der Waals surface area contributed by atoms with Crippen LogP contribution >= 0.6 is 0 Å². The predicted molar refractivity (Wildman–Crippen MR) is 84.9 cm³/mol. The topological polar surface area (TPSA) is 48.6 Å². The Morgan fingerprint density at radius 1 is 1.23 bits per heavy atom. The van der Waals surface area contributed by atoms with E-state index in [1.165, 1.54) is 0 Å². The first-order valence-corrected chi connectivity index (χ1v) is 7.86. The van der Waals surface area contributed by atoms with Gasteiger partial charge in [0.05, 0.1) is 24.8 Å². The molecule has 2 saturated heterocycles. The average Bonchev–Trinajstić information content (AvgIpc) is 2.74. The Kier molecular flexibility index (Phi) is 3.39. The summed E-state index contributed by atoms with van der Waals surface area (Å²) in [6.07, 6.45) is 1.84. The van der Waals surface area contributed by atoms with Crippen molar-refractivity contribution in [3.63, 3.8) is 0 Å². The molecule has 116 valence electrons. The minimum atomic E-state index is 0.119. The van der Waals surface area contributed by atoms with Gasteiger partial charge in [-0.1, -0.05) is 18.2 Å². The summed E-state index contributed by atoms with van der Waals surface area (Å²) in [6.45, 7) is 4.04. The fourth-order valence-electron chi connectivity index (χ4n) is 3.73. The number of hydrogen-bond acceptors (Lipinski definition) is 3. The molecule has 5 heteroatoms. The minimum absolute atomic E-state index is 0.119. The van der Waals surface area contributed by atoms with E-state index in [-0.39, 0.29) is 11.9 Å². The van der Waals surface area contributed by atoms with E-state index in [9.17, 15) is 4.79 Å². The Labute approximate surface area is 129 Å². The van der Waals surface area contributed by atoms with E-state index in [1.807, 2.05) is 35.4 Å². The number of nitrogens with zero attached hydrogens (tertiary/aromatic N) is 2. The molecule has 4 rings (SSSR count). The van der Waals surface area contributed by atoms with Gasteiger partial charge in [0.15, 0.2) is 0 Å². The third kappa shape index (κ3) is 2.30. The zero-order valence-electron chi connectivity index (χ0n) is 12.8. The molecule has 1 aromatic carbocycles. The molecule has 2 fully saturated rings. The monoisotopic (exact) mass is 299 g/mol. The van der Waals surface area contributed by atoms with Crippen LogP contribution in [0.2, 0.25) is 0 Å². The van der Waals surface area contributed by atoms with E-state index in [0.29, 0.717) is 12.5 Å². The largest absolute Gasteiger partial charge is 0.379 e. The number of ether oxygens (including phenoxy) is 1. The number of benzene rings is 1. The fraction of sp³-hybridized carbons (Fsp3) is 0.471. The smallest absolute Gasteiger partial charge is 0.256 e. The second-order valence-electron chi connectivity index (χ2n) is 6.48. The Morgan fingerprint density at radius 3 is 3.00 bits per heavy atom. The van der Waals surface area contributed by atoms with Gasteiger partial charge in [0.2, 0.25) is 0 Å². The average molecular weight is 299 g/mol. The molecule has 1 amide bonds. The number of fused-ring (bicyclic) bond motifs is 4. The molecular weight excluding hydrogens is 278 g/mol. The SMILES string of the molecule is CN1C[C@@H]2COC[C@H](C1)N(C(=O)c1c[nH]c3ccccc13)C2. The van der Waals surface area contributed by atoms with Crippen LogP contribution in [0.15, 0.2) is 30.5 Å². The van der Waals surface area contributed by atoms with E-state index in [0.717, 1.165) is 42.7 Å². The quantitative estimate of drug-likeness (QED) is 0.869. The fourth-order valence-corrected chi connectivity index (χ4v) is 3.73. The zero-order valence-corrected chi connectivity index (χ0v) is 12.8. The number of rotatable bonds is 1. The van der Waals surface area contributed by atoms with E-state index in [1.54, 1.807) is 0 Å². The first-order valence-electron chi connectivity index (χ1n) is 7.86. The highest BCUT2D eigenvalue weighted by Gasteiger charge is 2.35. The van der Waals surface area contributed by atoms with Gasteiger partial charge < -0.3 is 19.5 Å². The molecule has 0 spiro atoms. The van der Waals surface area contributed by atoms with Crippen LogP contribution in [0.4, 0.5) is 0 Å². The first-order chi connectivity index (χ1) is 10.7. The lowest BCUT2D eigenvalue weighted by atomic mass is 10.1. The van der Waals surface area contributed by atoms with E-state index in [2.05, 4.69) is 16.9 Å². The highest BCUT2D eigenvalue weighted by molar-refractivity contribution is 6.06. The Morgan fingerprint density at radius 2 is 2.09 bits per heavy atom. The van der Waals surface area contributed by atoms with Crippen LogP contribution in [0.1, 0.15) is 10.4 Å². The molecule has 2 atom stereocenters. The van der Waals surface area contributed by atoms with E-state index < -0.39 is 0 Å². The highest BCUT2D eigenvalue weighted by Crippen LogP contribution is 2.24. The highest BCUT2D eigenvalue weighted by atomic mass is 16.5. The summed E-state index contributed by atoms with van der Waals surface area (Å²) in [7, 11) is 2.13. The van der Waals surface area contributed by atoms with Crippen molar-refractivity contribution < 1.29 is 9.53 Å². The van der Waals surface area contributed by atoms with Gasteiger partial charge in [-0.05, 0) is 13.1 Å². The van der Waals surface area contributed by atoms with Crippen molar-refractivity contribution in [1.29, 1.82) is 0 Å². The van der Waals surface area contributed by atoms with E-state index >= 15 is 0 Å². The lowest BCUT2D eigenvalue weighted by molar-refractivity contribution is 0.0484. The molecule has 0 aliphatic carbocycles. The van der Waals surface area contributed by atoms with Crippen LogP contribution in [0.3, 0.4) is 0 Å². The zero-order chi connectivity index (χ0) is 15.1. The second kappa shape index (κ2) is 5.41. The normalized spacial score (nSPS) is 26.1. The van der Waals surface area contributed by atoms with Crippen molar-refractivity contribution >= 4 is 16.8 Å². The molecule has 1 N–H and O–H groups in total. The van der Waals surface area contributed by atoms with Crippen molar-refractivity contribution in [2.45, 2.75) is 6.04 Å². The van der Waals surface area contributed by atoms with Gasteiger partial charge in [0, 0.05) is 42.7 Å². The molecule has 0 saturated carbocycles. The number of para-hydroxylation sites is 1. The van der Waals surface area contributed by atoms with Crippen molar-refractivity contribution in [2.75, 3.05) is 39.9 Å². The molecule has 2 bridgehead atoms. The lowest BCUT2D eigenvalue weighted by Crippen LogP contribution is -2.45. The maximum atomic E-state index is 13.1. The van der Waals surface area contributed by atoms with Crippen LogP contribution < -0.4 is 0 Å². The molecule has 2 aromatic rings. The Hall–Kier alpha value is -1.85. The standard InChI is InChI=1S/C17H21N3O2/c1-19-7-12-8-20(13(9-19)11-22-10-12)17(21)15-6-18-16-5-3-2-4-14(15)16/h2-6,12-13,18H,7-11H2,1H3/t12-,13-/m0/s1. The Bertz CT molecular complexity index is 696. The summed E-state index contributed by atoms with van der Waals surface area (Å²) in [5, 5.41) is 1.00. The van der Waals surface area contributed by atoms with Gasteiger partial charge in [-0.15, -0.1) is 0 Å². The van der Waals surface area contributed by atoms with Crippen LogP contribution in [0.5, 0.6) is 0 Å². The summed E-state index contributed by atoms with van der Waals surface area (Å²) < 4.78 is 5.77. The van der Waals surface area contributed by atoms with Crippen molar-refractivity contribution in [2.24, 2.45) is 5.92 Å². The molecule has 22 heavy (non-hydrogen) atoms. The molecule has 3 heterocycles. The molecule has 1 aromatic heterocycles. The molecule has 0 unspecified atom stereocenters. The van der Waals surface area contributed by atoms with Gasteiger partial charge >= 0.3 is 0 Å². The van der Waals surface area contributed by atoms with Crippen LogP contribution in [-0.2, 0) is 4.74 Å². The van der Waals surface area contributed by atoms with Crippen LogP contribution in [0, 0.1) is 5.92 Å². The number of H-pyrrole nitrogens is 1. The minimum Gasteiger partial charge on any atom is -0.379 e. The van der Waals surface area contributed by atoms with Gasteiger partial charge in [0.25, 0.3) is 5.91 Å². The molecular formula is C17H21N3O2. The number of carbonyl (C=O) groups is 1. The maximum absolute atomic E-state index is 13.1. The summed E-state index contributed by atoms with van der Waals surface area (Å²) >= 11 is 0. The number of nitrogens with one attached hydrogen (secondary N) is 1. The molecule has 2 aliphatic heterocycles. The number of aromatic amines is 1. The Balaban J connectivity index is 1.69.